The van der Waals surface area contributed by atoms with Gasteiger partial charge in [-0.15, -0.1) is 0 Å². The number of benzene rings is 1. The standard InChI is InChI=1S/C12H13ClN2/c1-2-15-12(8-14)6-9-3-4-11(13)5-10(9)7-12/h3-5,15H,2,6-7H2,1H3. The van der Waals surface area contributed by atoms with Crippen LogP contribution in [0.25, 0.3) is 0 Å². The fourth-order valence-corrected chi connectivity index (χ4v) is 2.42. The third-order valence-electron chi connectivity index (χ3n) is 2.88. The maximum absolute atomic E-state index is 9.24. The Labute approximate surface area is 94.9 Å². The van der Waals surface area contributed by atoms with E-state index < -0.39 is 5.54 Å². The van der Waals surface area contributed by atoms with Gasteiger partial charge in [0.2, 0.25) is 0 Å². The highest BCUT2D eigenvalue weighted by atomic mass is 35.5. The Hall–Kier alpha value is -1.04. The number of nitrogens with one attached hydrogen (secondary N) is 1. The van der Waals surface area contributed by atoms with Crippen LogP contribution in [0.15, 0.2) is 18.2 Å². The van der Waals surface area contributed by atoms with Crippen LogP contribution in [0.2, 0.25) is 5.02 Å². The summed E-state index contributed by atoms with van der Waals surface area (Å²) >= 11 is 5.93. The molecular weight excluding hydrogens is 208 g/mol. The van der Waals surface area contributed by atoms with E-state index in [0.29, 0.717) is 0 Å². The molecule has 0 saturated heterocycles. The van der Waals surface area contributed by atoms with Crippen molar-refractivity contribution < 1.29 is 0 Å². The Morgan fingerprint density at radius 1 is 1.47 bits per heavy atom. The summed E-state index contributed by atoms with van der Waals surface area (Å²) in [5.41, 5.74) is 2.02. The zero-order valence-electron chi connectivity index (χ0n) is 8.68. The molecule has 3 heteroatoms. The van der Waals surface area contributed by atoms with Gasteiger partial charge in [-0.05, 0) is 29.8 Å². The Morgan fingerprint density at radius 2 is 2.20 bits per heavy atom. The molecule has 1 aliphatic carbocycles. The van der Waals surface area contributed by atoms with Crippen molar-refractivity contribution in [3.05, 3.63) is 34.3 Å². The molecule has 1 aromatic carbocycles. The van der Waals surface area contributed by atoms with Gasteiger partial charge in [-0.1, -0.05) is 24.6 Å². The quantitative estimate of drug-likeness (QED) is 0.831. The molecule has 0 fully saturated rings. The van der Waals surface area contributed by atoms with Crippen LogP contribution in [-0.4, -0.2) is 12.1 Å². The van der Waals surface area contributed by atoms with Gasteiger partial charge in [-0.25, -0.2) is 0 Å². The zero-order chi connectivity index (χ0) is 10.9. The minimum Gasteiger partial charge on any atom is -0.299 e. The lowest BCUT2D eigenvalue weighted by Gasteiger charge is -2.20. The highest BCUT2D eigenvalue weighted by molar-refractivity contribution is 6.30. The van der Waals surface area contributed by atoms with Crippen LogP contribution in [0.1, 0.15) is 18.1 Å². The highest BCUT2D eigenvalue weighted by Crippen LogP contribution is 2.31. The van der Waals surface area contributed by atoms with E-state index in [9.17, 15) is 5.26 Å². The van der Waals surface area contributed by atoms with Crippen molar-refractivity contribution in [2.45, 2.75) is 25.3 Å². The summed E-state index contributed by atoms with van der Waals surface area (Å²) in [6, 6.07) is 8.27. The first kappa shape index (κ1) is 10.5. The Kier molecular flexibility index (Phi) is 2.68. The normalized spacial score (nSPS) is 23.5. The minimum atomic E-state index is -0.415. The van der Waals surface area contributed by atoms with E-state index in [-0.39, 0.29) is 0 Å². The number of hydrogen-bond acceptors (Lipinski definition) is 2. The lowest BCUT2D eigenvalue weighted by Crippen LogP contribution is -2.44. The lowest BCUT2D eigenvalue weighted by atomic mass is 9.98. The fourth-order valence-electron chi connectivity index (χ4n) is 2.23. The lowest BCUT2D eigenvalue weighted by molar-refractivity contribution is 0.444. The van der Waals surface area contributed by atoms with Gasteiger partial charge in [-0.3, -0.25) is 5.32 Å². The molecule has 1 aromatic rings. The third kappa shape index (κ3) is 1.86. The van der Waals surface area contributed by atoms with E-state index in [0.717, 1.165) is 24.4 Å². The summed E-state index contributed by atoms with van der Waals surface area (Å²) in [4.78, 5) is 0. The Balaban J connectivity index is 2.32. The molecule has 0 aliphatic heterocycles. The number of fused-ring (bicyclic) bond motifs is 1. The summed E-state index contributed by atoms with van der Waals surface area (Å²) in [7, 11) is 0. The van der Waals surface area contributed by atoms with E-state index in [4.69, 9.17) is 11.6 Å². The van der Waals surface area contributed by atoms with Crippen molar-refractivity contribution in [3.8, 4) is 6.07 Å². The molecule has 1 atom stereocenters. The van der Waals surface area contributed by atoms with E-state index in [2.05, 4.69) is 11.4 Å². The first-order valence-corrected chi connectivity index (χ1v) is 5.50. The highest BCUT2D eigenvalue weighted by Gasteiger charge is 2.36. The average Bonchev–Trinajstić information content (AvgIpc) is 2.56. The summed E-state index contributed by atoms with van der Waals surface area (Å²) in [6.07, 6.45) is 1.54. The molecule has 15 heavy (non-hydrogen) atoms. The van der Waals surface area contributed by atoms with Crippen molar-refractivity contribution in [1.82, 2.24) is 5.32 Å². The largest absolute Gasteiger partial charge is 0.299 e. The van der Waals surface area contributed by atoms with Crippen molar-refractivity contribution in [2.24, 2.45) is 0 Å². The van der Waals surface area contributed by atoms with Gasteiger partial charge >= 0.3 is 0 Å². The van der Waals surface area contributed by atoms with E-state index >= 15 is 0 Å². The minimum absolute atomic E-state index is 0.415. The molecule has 1 aliphatic rings. The topological polar surface area (TPSA) is 35.8 Å². The van der Waals surface area contributed by atoms with Crippen molar-refractivity contribution in [3.63, 3.8) is 0 Å². The van der Waals surface area contributed by atoms with Crippen LogP contribution in [0.5, 0.6) is 0 Å². The van der Waals surface area contributed by atoms with Crippen LogP contribution in [0.3, 0.4) is 0 Å². The molecule has 0 aromatic heterocycles. The van der Waals surface area contributed by atoms with Gasteiger partial charge in [0, 0.05) is 17.9 Å². The Morgan fingerprint density at radius 3 is 2.87 bits per heavy atom. The van der Waals surface area contributed by atoms with Gasteiger partial charge < -0.3 is 0 Å². The summed E-state index contributed by atoms with van der Waals surface area (Å²) in [5, 5.41) is 13.3. The van der Waals surface area contributed by atoms with E-state index in [1.165, 1.54) is 11.1 Å². The van der Waals surface area contributed by atoms with Crippen LogP contribution in [0, 0.1) is 11.3 Å². The molecule has 1 unspecified atom stereocenters. The summed E-state index contributed by atoms with van der Waals surface area (Å²) in [5.74, 6) is 0. The number of hydrogen-bond donors (Lipinski definition) is 1. The van der Waals surface area contributed by atoms with Gasteiger partial charge in [0.1, 0.15) is 5.54 Å². The molecule has 0 radical (unpaired) electrons. The smallest absolute Gasteiger partial charge is 0.114 e. The van der Waals surface area contributed by atoms with Gasteiger partial charge in [0.15, 0.2) is 0 Å². The van der Waals surface area contributed by atoms with Crippen molar-refractivity contribution >= 4 is 11.6 Å². The summed E-state index contributed by atoms with van der Waals surface area (Å²) < 4.78 is 0. The predicted molar refractivity (Wildman–Crippen MR) is 60.9 cm³/mol. The number of rotatable bonds is 2. The molecular formula is C12H13ClN2. The molecule has 78 valence electrons. The monoisotopic (exact) mass is 220 g/mol. The van der Waals surface area contributed by atoms with Crippen molar-refractivity contribution in [2.75, 3.05) is 6.54 Å². The Bertz CT molecular complexity index is 422. The fraction of sp³-hybridized carbons (Fsp3) is 0.417. The molecule has 0 heterocycles. The number of nitriles is 1. The first-order chi connectivity index (χ1) is 7.19. The van der Waals surface area contributed by atoms with E-state index in [1.807, 2.05) is 25.1 Å². The second-order valence-electron chi connectivity index (χ2n) is 3.99. The second kappa shape index (κ2) is 3.84. The molecule has 0 saturated carbocycles. The van der Waals surface area contributed by atoms with Crippen LogP contribution < -0.4 is 5.32 Å². The molecule has 0 spiro atoms. The van der Waals surface area contributed by atoms with E-state index in [1.54, 1.807) is 0 Å². The van der Waals surface area contributed by atoms with Gasteiger partial charge in [0.05, 0.1) is 6.07 Å². The van der Waals surface area contributed by atoms with Gasteiger partial charge in [-0.2, -0.15) is 5.26 Å². The van der Waals surface area contributed by atoms with Crippen LogP contribution in [0.4, 0.5) is 0 Å². The molecule has 0 bridgehead atoms. The number of likely N-dealkylation sites (N-methyl/N-ethyl adjacent to an activating group) is 1. The number of nitrogens with zero attached hydrogens (tertiary/aromatic N) is 1. The molecule has 2 rings (SSSR count). The maximum Gasteiger partial charge on any atom is 0.114 e. The zero-order valence-corrected chi connectivity index (χ0v) is 9.43. The summed E-state index contributed by atoms with van der Waals surface area (Å²) in [6.45, 7) is 2.84. The SMILES string of the molecule is CCNC1(C#N)Cc2ccc(Cl)cc2C1. The van der Waals surface area contributed by atoms with Crippen LogP contribution in [-0.2, 0) is 12.8 Å². The molecule has 0 amide bonds. The second-order valence-corrected chi connectivity index (χ2v) is 4.43. The predicted octanol–water partition coefficient (Wildman–Crippen LogP) is 2.31. The third-order valence-corrected chi connectivity index (χ3v) is 3.12. The number of halogens is 1. The van der Waals surface area contributed by atoms with Crippen LogP contribution >= 0.6 is 11.6 Å². The maximum atomic E-state index is 9.24. The van der Waals surface area contributed by atoms with Gasteiger partial charge in [0.25, 0.3) is 0 Å². The molecule has 1 N–H and O–H groups in total. The molecule has 2 nitrogen and oxygen atoms in total. The first-order valence-electron chi connectivity index (χ1n) is 5.13. The van der Waals surface area contributed by atoms with Crippen molar-refractivity contribution in [1.29, 1.82) is 5.26 Å². The average molecular weight is 221 g/mol.